The molecule has 2 aliphatic rings. The number of piperazine rings is 1. The molecular formula is C15H23ClN4OS. The Bertz CT molecular complexity index is 495. The van der Waals surface area contributed by atoms with Crippen molar-refractivity contribution in [3.8, 4) is 0 Å². The maximum absolute atomic E-state index is 12.3. The normalized spacial score (nSPS) is 20.7. The van der Waals surface area contributed by atoms with Crippen LogP contribution in [0.4, 0.5) is 0 Å². The number of amides is 1. The fourth-order valence-corrected chi connectivity index (χ4v) is 4.06. The average Bonchev–Trinajstić information content (AvgIpc) is 3.18. The Labute approximate surface area is 140 Å². The summed E-state index contributed by atoms with van der Waals surface area (Å²) in [6, 6.07) is 0. The summed E-state index contributed by atoms with van der Waals surface area (Å²) in [6.07, 6.45) is 7.16. The van der Waals surface area contributed by atoms with Gasteiger partial charge in [0.15, 0.2) is 0 Å². The first-order chi connectivity index (χ1) is 10.7. The predicted octanol–water partition coefficient (Wildman–Crippen LogP) is 2.81. The number of hydrogen-bond donors (Lipinski definition) is 0. The van der Waals surface area contributed by atoms with E-state index in [1.807, 2.05) is 4.90 Å². The molecule has 2 fully saturated rings. The van der Waals surface area contributed by atoms with Crippen LogP contribution in [-0.2, 0) is 11.3 Å². The molecule has 5 nitrogen and oxygen atoms in total. The number of carbonyl (C=O) groups is 1. The van der Waals surface area contributed by atoms with Crippen LogP contribution in [0.1, 0.15) is 44.2 Å². The number of carbonyl (C=O) groups excluding carboxylic acids is 1. The maximum atomic E-state index is 12.3. The summed E-state index contributed by atoms with van der Waals surface area (Å²) in [4.78, 5) is 16.6. The van der Waals surface area contributed by atoms with Crippen molar-refractivity contribution in [2.24, 2.45) is 5.92 Å². The second kappa shape index (κ2) is 7.70. The molecule has 22 heavy (non-hydrogen) atoms. The maximum Gasteiger partial charge on any atom is 0.222 e. The fourth-order valence-electron chi connectivity index (χ4n) is 3.44. The Morgan fingerprint density at radius 1 is 1.23 bits per heavy atom. The van der Waals surface area contributed by atoms with Crippen LogP contribution in [0.2, 0.25) is 4.34 Å². The van der Waals surface area contributed by atoms with Crippen molar-refractivity contribution in [1.29, 1.82) is 0 Å². The number of nitrogens with zero attached hydrogens (tertiary/aromatic N) is 4. The molecule has 1 saturated carbocycles. The molecule has 1 saturated heterocycles. The van der Waals surface area contributed by atoms with Gasteiger partial charge in [0, 0.05) is 50.7 Å². The van der Waals surface area contributed by atoms with Gasteiger partial charge in [0.2, 0.25) is 5.91 Å². The number of rotatable bonds is 5. The van der Waals surface area contributed by atoms with Crippen LogP contribution in [0.3, 0.4) is 0 Å². The molecular weight excluding hydrogens is 320 g/mol. The van der Waals surface area contributed by atoms with Gasteiger partial charge in [-0.1, -0.05) is 41.8 Å². The van der Waals surface area contributed by atoms with Gasteiger partial charge in [0.25, 0.3) is 0 Å². The molecule has 0 aromatic carbocycles. The monoisotopic (exact) mass is 342 g/mol. The summed E-state index contributed by atoms with van der Waals surface area (Å²) in [5, 5.41) is 4.05. The first-order valence-electron chi connectivity index (χ1n) is 8.19. The molecule has 0 spiro atoms. The van der Waals surface area contributed by atoms with E-state index in [9.17, 15) is 4.79 Å². The predicted molar refractivity (Wildman–Crippen MR) is 88.0 cm³/mol. The lowest BCUT2D eigenvalue weighted by atomic mass is 10.0. The van der Waals surface area contributed by atoms with Crippen molar-refractivity contribution in [2.75, 3.05) is 26.2 Å². The average molecular weight is 343 g/mol. The third kappa shape index (κ3) is 4.18. The number of hydrogen-bond acceptors (Lipinski definition) is 5. The molecule has 0 bridgehead atoms. The van der Waals surface area contributed by atoms with Gasteiger partial charge in [0.05, 0.1) is 0 Å². The summed E-state index contributed by atoms with van der Waals surface area (Å²) in [5.41, 5.74) is 0.854. The first kappa shape index (κ1) is 16.1. The zero-order valence-corrected chi connectivity index (χ0v) is 14.4. The lowest BCUT2D eigenvalue weighted by Gasteiger charge is -2.34. The van der Waals surface area contributed by atoms with E-state index in [0.717, 1.165) is 57.2 Å². The molecule has 1 aromatic rings. The van der Waals surface area contributed by atoms with E-state index in [4.69, 9.17) is 11.6 Å². The van der Waals surface area contributed by atoms with Crippen molar-refractivity contribution in [3.05, 3.63) is 10.0 Å². The molecule has 7 heteroatoms. The van der Waals surface area contributed by atoms with Crippen LogP contribution in [0, 0.1) is 5.92 Å². The minimum absolute atomic E-state index is 0.333. The van der Waals surface area contributed by atoms with E-state index < -0.39 is 0 Å². The topological polar surface area (TPSA) is 49.3 Å². The Kier molecular flexibility index (Phi) is 5.66. The smallest absolute Gasteiger partial charge is 0.222 e. The Hall–Kier alpha value is -0.720. The minimum Gasteiger partial charge on any atom is -0.340 e. The summed E-state index contributed by atoms with van der Waals surface area (Å²) in [7, 11) is 0. The van der Waals surface area contributed by atoms with Crippen molar-refractivity contribution < 1.29 is 4.79 Å². The van der Waals surface area contributed by atoms with Crippen LogP contribution in [0.15, 0.2) is 0 Å². The summed E-state index contributed by atoms with van der Waals surface area (Å²) < 4.78 is 4.54. The molecule has 1 aliphatic carbocycles. The highest BCUT2D eigenvalue weighted by Gasteiger charge is 2.23. The van der Waals surface area contributed by atoms with Crippen molar-refractivity contribution in [1.82, 2.24) is 19.4 Å². The quantitative estimate of drug-likeness (QED) is 0.825. The molecule has 3 rings (SSSR count). The molecule has 122 valence electrons. The van der Waals surface area contributed by atoms with Crippen LogP contribution >= 0.6 is 23.1 Å². The lowest BCUT2D eigenvalue weighted by molar-refractivity contribution is -0.133. The summed E-state index contributed by atoms with van der Waals surface area (Å²) in [6.45, 7) is 4.16. The van der Waals surface area contributed by atoms with E-state index in [1.165, 1.54) is 37.2 Å². The third-order valence-corrected chi connectivity index (χ3v) is 5.83. The van der Waals surface area contributed by atoms with Gasteiger partial charge in [-0.15, -0.1) is 5.10 Å². The van der Waals surface area contributed by atoms with Crippen LogP contribution in [-0.4, -0.2) is 51.5 Å². The second-order valence-corrected chi connectivity index (χ2v) is 7.70. The van der Waals surface area contributed by atoms with E-state index in [-0.39, 0.29) is 0 Å². The first-order valence-corrected chi connectivity index (χ1v) is 9.34. The fraction of sp³-hybridized carbons (Fsp3) is 0.800. The van der Waals surface area contributed by atoms with Crippen LogP contribution in [0.5, 0.6) is 0 Å². The van der Waals surface area contributed by atoms with Crippen LogP contribution in [0.25, 0.3) is 0 Å². The molecule has 0 radical (unpaired) electrons. The lowest BCUT2D eigenvalue weighted by Crippen LogP contribution is -2.48. The highest BCUT2D eigenvalue weighted by Crippen LogP contribution is 2.28. The second-order valence-electron chi connectivity index (χ2n) is 6.34. The highest BCUT2D eigenvalue weighted by molar-refractivity contribution is 7.10. The molecule has 0 N–H and O–H groups in total. The van der Waals surface area contributed by atoms with E-state index in [0.29, 0.717) is 10.2 Å². The third-order valence-electron chi connectivity index (χ3n) is 4.85. The number of halogens is 1. The SMILES string of the molecule is O=C(CCC1CCCC1)N1CCN(Cc2nnsc2Cl)CC1. The Morgan fingerprint density at radius 2 is 1.95 bits per heavy atom. The van der Waals surface area contributed by atoms with Gasteiger partial charge in [-0.05, 0) is 12.3 Å². The van der Waals surface area contributed by atoms with Gasteiger partial charge in [-0.25, -0.2) is 0 Å². The standard InChI is InChI=1S/C15H23ClN4OS/c16-15-13(17-18-22-15)11-19-7-9-20(10-8-19)14(21)6-5-12-3-1-2-4-12/h12H,1-11H2. The molecule has 1 aliphatic heterocycles. The van der Waals surface area contributed by atoms with E-state index in [2.05, 4.69) is 14.5 Å². The Balaban J connectivity index is 1.39. The highest BCUT2D eigenvalue weighted by atomic mass is 35.5. The molecule has 1 aromatic heterocycles. The van der Waals surface area contributed by atoms with Crippen LogP contribution < -0.4 is 0 Å². The number of aromatic nitrogens is 2. The molecule has 1 amide bonds. The Morgan fingerprint density at radius 3 is 2.59 bits per heavy atom. The van der Waals surface area contributed by atoms with Gasteiger partial charge in [-0.2, -0.15) is 0 Å². The molecule has 2 heterocycles. The zero-order chi connectivity index (χ0) is 15.4. The van der Waals surface area contributed by atoms with Crippen molar-refractivity contribution in [2.45, 2.75) is 45.1 Å². The van der Waals surface area contributed by atoms with E-state index >= 15 is 0 Å². The van der Waals surface area contributed by atoms with Gasteiger partial charge in [0.1, 0.15) is 10.0 Å². The molecule has 0 atom stereocenters. The van der Waals surface area contributed by atoms with E-state index in [1.54, 1.807) is 0 Å². The summed E-state index contributed by atoms with van der Waals surface area (Å²) in [5.74, 6) is 1.13. The van der Waals surface area contributed by atoms with Gasteiger partial charge >= 0.3 is 0 Å². The zero-order valence-electron chi connectivity index (χ0n) is 12.8. The molecule has 0 unspecified atom stereocenters. The van der Waals surface area contributed by atoms with Gasteiger partial charge in [-0.3, -0.25) is 9.69 Å². The minimum atomic E-state index is 0.333. The van der Waals surface area contributed by atoms with Gasteiger partial charge < -0.3 is 4.90 Å². The van der Waals surface area contributed by atoms with Crippen molar-refractivity contribution in [3.63, 3.8) is 0 Å². The van der Waals surface area contributed by atoms with Crippen molar-refractivity contribution >= 4 is 29.0 Å². The summed E-state index contributed by atoms with van der Waals surface area (Å²) >= 11 is 7.27. The largest absolute Gasteiger partial charge is 0.340 e.